The number of sulfonamides is 1. The molecule has 0 saturated heterocycles. The molecular formula is C17H17N3O2S. The number of nitrogens with one attached hydrogen (secondary N) is 1. The molecule has 0 bridgehead atoms. The Kier molecular flexibility index (Phi) is 4.82. The molecule has 0 aliphatic heterocycles. The molecule has 0 atom stereocenters. The van der Waals surface area contributed by atoms with E-state index in [0.717, 1.165) is 11.1 Å². The fourth-order valence-electron chi connectivity index (χ4n) is 2.03. The van der Waals surface area contributed by atoms with Gasteiger partial charge in [-0.15, -0.1) is 0 Å². The van der Waals surface area contributed by atoms with Gasteiger partial charge in [-0.2, -0.15) is 23.6 Å². The number of hydrazone groups is 1. The molecule has 0 heterocycles. The van der Waals surface area contributed by atoms with Crippen LogP contribution in [-0.4, -0.2) is 14.1 Å². The van der Waals surface area contributed by atoms with Gasteiger partial charge < -0.3 is 0 Å². The van der Waals surface area contributed by atoms with E-state index >= 15 is 0 Å². The predicted octanol–water partition coefficient (Wildman–Crippen LogP) is 2.88. The van der Waals surface area contributed by atoms with Crippen LogP contribution in [-0.2, 0) is 10.0 Å². The van der Waals surface area contributed by atoms with E-state index in [-0.39, 0.29) is 4.90 Å². The van der Waals surface area contributed by atoms with Crippen molar-refractivity contribution in [1.82, 2.24) is 4.83 Å². The van der Waals surface area contributed by atoms with Crippen molar-refractivity contribution in [3.05, 3.63) is 64.7 Å². The van der Waals surface area contributed by atoms with E-state index in [1.807, 2.05) is 19.1 Å². The van der Waals surface area contributed by atoms with Crippen LogP contribution in [0.4, 0.5) is 0 Å². The Labute approximate surface area is 136 Å². The van der Waals surface area contributed by atoms with Crippen LogP contribution in [0.2, 0.25) is 0 Å². The Morgan fingerprint density at radius 1 is 1.13 bits per heavy atom. The first-order valence-electron chi connectivity index (χ1n) is 6.97. The summed E-state index contributed by atoms with van der Waals surface area (Å²) in [6, 6.07) is 14.0. The van der Waals surface area contributed by atoms with Crippen LogP contribution in [0, 0.1) is 25.2 Å². The summed E-state index contributed by atoms with van der Waals surface area (Å²) < 4.78 is 24.8. The Hall–Kier alpha value is -2.65. The van der Waals surface area contributed by atoms with Crippen molar-refractivity contribution in [1.29, 1.82) is 5.26 Å². The monoisotopic (exact) mass is 327 g/mol. The van der Waals surface area contributed by atoms with Crippen molar-refractivity contribution >= 4 is 15.7 Å². The van der Waals surface area contributed by atoms with Gasteiger partial charge >= 0.3 is 0 Å². The summed E-state index contributed by atoms with van der Waals surface area (Å²) in [7, 11) is -3.72. The fourth-order valence-corrected chi connectivity index (χ4v) is 3.21. The normalized spacial score (nSPS) is 11.8. The molecule has 0 aliphatic rings. The summed E-state index contributed by atoms with van der Waals surface area (Å²) >= 11 is 0. The molecule has 2 aromatic carbocycles. The third-order valence-corrected chi connectivity index (χ3v) is 4.75. The summed E-state index contributed by atoms with van der Waals surface area (Å²) in [6.45, 7) is 5.28. The van der Waals surface area contributed by atoms with Gasteiger partial charge in [0.1, 0.15) is 0 Å². The molecule has 0 spiro atoms. The van der Waals surface area contributed by atoms with Crippen molar-refractivity contribution in [3.8, 4) is 6.07 Å². The zero-order chi connectivity index (χ0) is 17.0. The number of nitriles is 1. The molecular weight excluding hydrogens is 310 g/mol. The molecule has 0 amide bonds. The van der Waals surface area contributed by atoms with E-state index in [9.17, 15) is 8.42 Å². The third-order valence-electron chi connectivity index (χ3n) is 3.40. The molecule has 1 N–H and O–H groups in total. The van der Waals surface area contributed by atoms with Crippen molar-refractivity contribution < 1.29 is 8.42 Å². The third kappa shape index (κ3) is 3.96. The summed E-state index contributed by atoms with van der Waals surface area (Å²) in [6.07, 6.45) is 0. The van der Waals surface area contributed by atoms with Crippen LogP contribution in [0.25, 0.3) is 0 Å². The van der Waals surface area contributed by atoms with Crippen LogP contribution in [0.5, 0.6) is 0 Å². The second kappa shape index (κ2) is 6.63. The first-order chi connectivity index (χ1) is 10.8. The molecule has 0 aromatic heterocycles. The highest BCUT2D eigenvalue weighted by molar-refractivity contribution is 7.89. The molecule has 0 fully saturated rings. The standard InChI is InChI=1S/C17H17N3O2S/c1-12-4-5-13(2)17(10-12)23(21,22)20-19-14(3)16-8-6-15(11-18)7-9-16/h4-10,20H,1-3H3. The van der Waals surface area contributed by atoms with Crippen LogP contribution in [0.3, 0.4) is 0 Å². The van der Waals surface area contributed by atoms with Gasteiger partial charge in [0, 0.05) is 0 Å². The molecule has 23 heavy (non-hydrogen) atoms. The highest BCUT2D eigenvalue weighted by Crippen LogP contribution is 2.16. The first kappa shape index (κ1) is 16.7. The van der Waals surface area contributed by atoms with Gasteiger partial charge in [0.05, 0.1) is 22.2 Å². The molecule has 5 nitrogen and oxygen atoms in total. The maximum Gasteiger partial charge on any atom is 0.276 e. The molecule has 2 rings (SSSR count). The SMILES string of the molecule is CC(=NNS(=O)(=O)c1cc(C)ccc1C)c1ccc(C#N)cc1. The van der Waals surface area contributed by atoms with Gasteiger partial charge in [-0.3, -0.25) is 0 Å². The summed E-state index contributed by atoms with van der Waals surface area (Å²) in [5.74, 6) is 0. The Balaban J connectivity index is 2.26. The van der Waals surface area contributed by atoms with Crippen molar-refractivity contribution in [2.24, 2.45) is 5.10 Å². The molecule has 0 radical (unpaired) electrons. The second-order valence-electron chi connectivity index (χ2n) is 5.25. The topological polar surface area (TPSA) is 82.3 Å². The fraction of sp³-hybridized carbons (Fsp3) is 0.176. The Bertz CT molecular complexity index is 892. The molecule has 118 valence electrons. The van der Waals surface area contributed by atoms with E-state index in [1.54, 1.807) is 50.2 Å². The minimum absolute atomic E-state index is 0.217. The van der Waals surface area contributed by atoms with E-state index in [2.05, 4.69) is 9.93 Å². The van der Waals surface area contributed by atoms with Gasteiger partial charge in [-0.05, 0) is 55.7 Å². The maximum absolute atomic E-state index is 12.4. The summed E-state index contributed by atoms with van der Waals surface area (Å²) in [4.78, 5) is 2.48. The molecule has 0 saturated carbocycles. The molecule has 6 heteroatoms. The minimum Gasteiger partial charge on any atom is -0.200 e. The molecule has 0 aliphatic carbocycles. The largest absolute Gasteiger partial charge is 0.276 e. The van der Waals surface area contributed by atoms with Crippen LogP contribution < -0.4 is 4.83 Å². The maximum atomic E-state index is 12.4. The van der Waals surface area contributed by atoms with E-state index < -0.39 is 10.0 Å². The average Bonchev–Trinajstić information content (AvgIpc) is 2.55. The minimum atomic E-state index is -3.72. The zero-order valence-electron chi connectivity index (χ0n) is 13.2. The highest BCUT2D eigenvalue weighted by atomic mass is 32.2. The van der Waals surface area contributed by atoms with Crippen molar-refractivity contribution in [2.75, 3.05) is 0 Å². The molecule has 0 unspecified atom stereocenters. The lowest BCUT2D eigenvalue weighted by Gasteiger charge is -2.09. The zero-order valence-corrected chi connectivity index (χ0v) is 14.0. The number of hydrogen-bond acceptors (Lipinski definition) is 4. The first-order valence-corrected chi connectivity index (χ1v) is 8.45. The Morgan fingerprint density at radius 3 is 2.39 bits per heavy atom. The highest BCUT2D eigenvalue weighted by Gasteiger charge is 2.16. The number of nitrogens with zero attached hydrogens (tertiary/aromatic N) is 2. The average molecular weight is 327 g/mol. The van der Waals surface area contributed by atoms with Crippen LogP contribution >= 0.6 is 0 Å². The smallest absolute Gasteiger partial charge is 0.200 e. The van der Waals surface area contributed by atoms with Gasteiger partial charge in [0.2, 0.25) is 0 Å². The van der Waals surface area contributed by atoms with E-state index in [4.69, 9.17) is 5.26 Å². The van der Waals surface area contributed by atoms with Gasteiger partial charge in [-0.25, -0.2) is 0 Å². The van der Waals surface area contributed by atoms with Crippen molar-refractivity contribution in [2.45, 2.75) is 25.7 Å². The number of benzene rings is 2. The van der Waals surface area contributed by atoms with Gasteiger partial charge in [-0.1, -0.05) is 24.3 Å². The summed E-state index contributed by atoms with van der Waals surface area (Å²) in [5, 5.41) is 12.7. The molecule has 2 aromatic rings. The number of rotatable bonds is 4. The number of hydrogen-bond donors (Lipinski definition) is 1. The van der Waals surface area contributed by atoms with Crippen LogP contribution in [0.1, 0.15) is 29.2 Å². The van der Waals surface area contributed by atoms with E-state index in [0.29, 0.717) is 16.8 Å². The van der Waals surface area contributed by atoms with E-state index in [1.165, 1.54) is 0 Å². The predicted molar refractivity (Wildman–Crippen MR) is 89.6 cm³/mol. The lowest BCUT2D eigenvalue weighted by molar-refractivity contribution is 0.583. The number of aryl methyl sites for hydroxylation is 2. The quantitative estimate of drug-likeness (QED) is 0.692. The van der Waals surface area contributed by atoms with Gasteiger partial charge in [0.25, 0.3) is 10.0 Å². The van der Waals surface area contributed by atoms with Crippen LogP contribution in [0.15, 0.2) is 52.5 Å². The van der Waals surface area contributed by atoms with Crippen molar-refractivity contribution in [3.63, 3.8) is 0 Å². The lowest BCUT2D eigenvalue weighted by Crippen LogP contribution is -2.21. The van der Waals surface area contributed by atoms with Gasteiger partial charge in [0.15, 0.2) is 0 Å². The lowest BCUT2D eigenvalue weighted by atomic mass is 10.1. The Morgan fingerprint density at radius 2 is 1.78 bits per heavy atom. The second-order valence-corrected chi connectivity index (χ2v) is 6.88. The summed E-state index contributed by atoms with van der Waals surface area (Å²) in [5.41, 5.74) is 3.33.